The second-order valence-corrected chi connectivity index (χ2v) is 6.10. The second kappa shape index (κ2) is 10.1. The standard InChI is InChI=1S/C18H30ClNO/c1-5-8-9-15(6-2)13-21-16-10-11-17(18(19)12-16)14(4)20-7-3/h10-12,14-15,20H,5-9,13H2,1-4H3. The zero-order valence-electron chi connectivity index (χ0n) is 13.9. The van der Waals surface area contributed by atoms with Crippen LogP contribution < -0.4 is 10.1 Å². The Morgan fingerprint density at radius 2 is 2.00 bits per heavy atom. The van der Waals surface area contributed by atoms with Crippen LogP contribution in [0, 0.1) is 5.92 Å². The van der Waals surface area contributed by atoms with Gasteiger partial charge in [0, 0.05) is 11.1 Å². The number of unbranched alkanes of at least 4 members (excludes halogenated alkanes) is 1. The van der Waals surface area contributed by atoms with Gasteiger partial charge in [0.1, 0.15) is 5.75 Å². The third kappa shape index (κ3) is 6.27. The van der Waals surface area contributed by atoms with Gasteiger partial charge < -0.3 is 10.1 Å². The number of benzene rings is 1. The number of nitrogens with one attached hydrogen (secondary N) is 1. The van der Waals surface area contributed by atoms with Gasteiger partial charge in [-0.15, -0.1) is 0 Å². The zero-order chi connectivity index (χ0) is 15.7. The molecule has 0 aliphatic heterocycles. The molecule has 0 radical (unpaired) electrons. The van der Waals surface area contributed by atoms with Gasteiger partial charge in [-0.2, -0.15) is 0 Å². The molecule has 0 fully saturated rings. The number of hydrogen-bond donors (Lipinski definition) is 1. The van der Waals surface area contributed by atoms with E-state index in [2.05, 4.69) is 39.1 Å². The van der Waals surface area contributed by atoms with Crippen molar-refractivity contribution < 1.29 is 4.74 Å². The van der Waals surface area contributed by atoms with Crippen molar-refractivity contribution in [2.75, 3.05) is 13.2 Å². The van der Waals surface area contributed by atoms with Crippen molar-refractivity contribution in [3.05, 3.63) is 28.8 Å². The van der Waals surface area contributed by atoms with Crippen molar-refractivity contribution >= 4 is 11.6 Å². The van der Waals surface area contributed by atoms with Gasteiger partial charge in [-0.3, -0.25) is 0 Å². The monoisotopic (exact) mass is 311 g/mol. The van der Waals surface area contributed by atoms with Gasteiger partial charge in [0.05, 0.1) is 6.61 Å². The molecule has 120 valence electrons. The summed E-state index contributed by atoms with van der Waals surface area (Å²) < 4.78 is 5.93. The van der Waals surface area contributed by atoms with E-state index in [0.717, 1.165) is 29.5 Å². The first-order valence-electron chi connectivity index (χ1n) is 8.27. The molecule has 0 saturated heterocycles. The first-order chi connectivity index (χ1) is 10.1. The summed E-state index contributed by atoms with van der Waals surface area (Å²) in [5.41, 5.74) is 1.13. The topological polar surface area (TPSA) is 21.3 Å². The molecular weight excluding hydrogens is 282 g/mol. The van der Waals surface area contributed by atoms with Gasteiger partial charge in [-0.25, -0.2) is 0 Å². The fourth-order valence-electron chi connectivity index (χ4n) is 2.48. The van der Waals surface area contributed by atoms with Gasteiger partial charge in [0.2, 0.25) is 0 Å². The quantitative estimate of drug-likeness (QED) is 0.606. The minimum absolute atomic E-state index is 0.268. The molecule has 2 unspecified atom stereocenters. The summed E-state index contributed by atoms with van der Waals surface area (Å²) in [6.07, 6.45) is 4.95. The zero-order valence-corrected chi connectivity index (χ0v) is 14.7. The highest BCUT2D eigenvalue weighted by atomic mass is 35.5. The summed E-state index contributed by atoms with van der Waals surface area (Å²) in [6.45, 7) is 10.4. The van der Waals surface area contributed by atoms with E-state index in [0.29, 0.717) is 5.92 Å². The summed E-state index contributed by atoms with van der Waals surface area (Å²) in [6, 6.07) is 6.31. The number of ether oxygens (including phenoxy) is 1. The molecular formula is C18H30ClNO. The molecule has 0 aliphatic rings. The molecule has 21 heavy (non-hydrogen) atoms. The average Bonchev–Trinajstić information content (AvgIpc) is 2.47. The van der Waals surface area contributed by atoms with Crippen LogP contribution in [0.4, 0.5) is 0 Å². The molecule has 1 aromatic rings. The third-order valence-electron chi connectivity index (χ3n) is 3.98. The van der Waals surface area contributed by atoms with Crippen molar-refractivity contribution in [3.63, 3.8) is 0 Å². The van der Waals surface area contributed by atoms with Crippen LogP contribution in [-0.2, 0) is 0 Å². The predicted octanol–water partition coefficient (Wildman–Crippen LogP) is 5.61. The summed E-state index contributed by atoms with van der Waals surface area (Å²) in [7, 11) is 0. The van der Waals surface area contributed by atoms with Gasteiger partial charge >= 0.3 is 0 Å². The Labute approximate surface area is 135 Å². The molecule has 0 saturated carbocycles. The van der Waals surface area contributed by atoms with Crippen molar-refractivity contribution in [3.8, 4) is 5.75 Å². The highest BCUT2D eigenvalue weighted by Crippen LogP contribution is 2.28. The van der Waals surface area contributed by atoms with E-state index < -0.39 is 0 Å². The van der Waals surface area contributed by atoms with Crippen LogP contribution in [0.25, 0.3) is 0 Å². The van der Waals surface area contributed by atoms with E-state index in [-0.39, 0.29) is 6.04 Å². The molecule has 0 aromatic heterocycles. The van der Waals surface area contributed by atoms with Crippen molar-refractivity contribution in [1.29, 1.82) is 0 Å². The highest BCUT2D eigenvalue weighted by Gasteiger charge is 2.11. The lowest BCUT2D eigenvalue weighted by Crippen LogP contribution is -2.18. The first-order valence-corrected chi connectivity index (χ1v) is 8.65. The third-order valence-corrected chi connectivity index (χ3v) is 4.31. The summed E-state index contributed by atoms with van der Waals surface area (Å²) in [5, 5.41) is 4.16. The van der Waals surface area contributed by atoms with Gasteiger partial charge in [0.15, 0.2) is 0 Å². The highest BCUT2D eigenvalue weighted by molar-refractivity contribution is 6.31. The van der Waals surface area contributed by atoms with Crippen LogP contribution in [0.15, 0.2) is 18.2 Å². The second-order valence-electron chi connectivity index (χ2n) is 5.69. The largest absolute Gasteiger partial charge is 0.493 e. The molecule has 2 nitrogen and oxygen atoms in total. The number of halogens is 1. The van der Waals surface area contributed by atoms with E-state index in [4.69, 9.17) is 16.3 Å². The van der Waals surface area contributed by atoms with E-state index in [1.165, 1.54) is 25.7 Å². The maximum Gasteiger partial charge on any atom is 0.120 e. The Kier molecular flexibility index (Phi) is 8.79. The smallest absolute Gasteiger partial charge is 0.120 e. The van der Waals surface area contributed by atoms with E-state index in [1.807, 2.05) is 12.1 Å². The van der Waals surface area contributed by atoms with Crippen LogP contribution in [0.5, 0.6) is 5.75 Å². The molecule has 3 heteroatoms. The van der Waals surface area contributed by atoms with Crippen molar-refractivity contribution in [1.82, 2.24) is 5.32 Å². The molecule has 2 atom stereocenters. The summed E-state index contributed by atoms with van der Waals surface area (Å²) >= 11 is 6.37. The van der Waals surface area contributed by atoms with Crippen molar-refractivity contribution in [2.24, 2.45) is 5.92 Å². The number of hydrogen-bond acceptors (Lipinski definition) is 2. The van der Waals surface area contributed by atoms with E-state index in [9.17, 15) is 0 Å². The van der Waals surface area contributed by atoms with E-state index in [1.54, 1.807) is 0 Å². The Hall–Kier alpha value is -0.730. The summed E-state index contributed by atoms with van der Waals surface area (Å²) in [4.78, 5) is 0. The molecule has 1 N–H and O–H groups in total. The Morgan fingerprint density at radius 1 is 1.24 bits per heavy atom. The van der Waals surface area contributed by atoms with Crippen LogP contribution in [0.3, 0.4) is 0 Å². The van der Waals surface area contributed by atoms with Gasteiger partial charge in [-0.1, -0.05) is 57.7 Å². The predicted molar refractivity (Wildman–Crippen MR) is 92.3 cm³/mol. The van der Waals surface area contributed by atoms with Gasteiger partial charge in [0.25, 0.3) is 0 Å². The first kappa shape index (κ1) is 18.3. The fourth-order valence-corrected chi connectivity index (χ4v) is 2.81. The molecule has 0 amide bonds. The Balaban J connectivity index is 2.58. The van der Waals surface area contributed by atoms with Crippen LogP contribution >= 0.6 is 11.6 Å². The SMILES string of the molecule is CCCCC(CC)COc1ccc(C(C)NCC)c(Cl)c1. The molecule has 1 aromatic carbocycles. The molecule has 0 heterocycles. The molecule has 1 rings (SSSR count). The molecule has 0 aliphatic carbocycles. The van der Waals surface area contributed by atoms with Crippen LogP contribution in [-0.4, -0.2) is 13.2 Å². The lowest BCUT2D eigenvalue weighted by atomic mass is 10.0. The molecule has 0 spiro atoms. The maximum absolute atomic E-state index is 6.37. The summed E-state index contributed by atoms with van der Waals surface area (Å²) in [5.74, 6) is 1.52. The molecule has 0 bridgehead atoms. The minimum atomic E-state index is 0.268. The minimum Gasteiger partial charge on any atom is -0.493 e. The average molecular weight is 312 g/mol. The number of rotatable bonds is 10. The lowest BCUT2D eigenvalue weighted by molar-refractivity contribution is 0.233. The normalized spacial score (nSPS) is 14.0. The fraction of sp³-hybridized carbons (Fsp3) is 0.667. The van der Waals surface area contributed by atoms with Crippen LogP contribution in [0.2, 0.25) is 5.02 Å². The lowest BCUT2D eigenvalue weighted by Gasteiger charge is -2.18. The van der Waals surface area contributed by atoms with Crippen LogP contribution in [0.1, 0.15) is 65.0 Å². The van der Waals surface area contributed by atoms with Gasteiger partial charge in [-0.05, 0) is 43.5 Å². The Bertz CT molecular complexity index is 408. The van der Waals surface area contributed by atoms with Crippen molar-refractivity contribution in [2.45, 2.75) is 59.4 Å². The maximum atomic E-state index is 6.37. The van der Waals surface area contributed by atoms with E-state index >= 15 is 0 Å². The Morgan fingerprint density at radius 3 is 2.57 bits per heavy atom.